The van der Waals surface area contributed by atoms with Crippen LogP contribution in [0.3, 0.4) is 0 Å². The summed E-state index contributed by atoms with van der Waals surface area (Å²) in [6, 6.07) is 2.77. The largest absolute Gasteiger partial charge is 0.514 e. The Hall–Kier alpha value is -5.09. The van der Waals surface area contributed by atoms with Crippen LogP contribution in [0.2, 0.25) is 0 Å². The summed E-state index contributed by atoms with van der Waals surface area (Å²) in [5, 5.41) is 10.2. The highest BCUT2D eigenvalue weighted by Crippen LogP contribution is 2.30. The summed E-state index contributed by atoms with van der Waals surface area (Å²) < 4.78 is 69.6. The summed E-state index contributed by atoms with van der Waals surface area (Å²) in [7, 11) is 0. The van der Waals surface area contributed by atoms with Crippen molar-refractivity contribution >= 4 is 35.8 Å². The lowest BCUT2D eigenvalue weighted by atomic mass is 10.0. The predicted molar refractivity (Wildman–Crippen MR) is 164 cm³/mol. The van der Waals surface area contributed by atoms with Gasteiger partial charge in [-0.25, -0.2) is 27.6 Å². The van der Waals surface area contributed by atoms with Crippen LogP contribution in [0.4, 0.5) is 37.6 Å². The van der Waals surface area contributed by atoms with Crippen LogP contribution in [-0.4, -0.2) is 54.3 Å². The van der Waals surface area contributed by atoms with E-state index in [-0.39, 0.29) is 31.0 Å². The van der Waals surface area contributed by atoms with E-state index in [9.17, 15) is 41.5 Å². The number of alkyl carbamates (subject to hydrolysis) is 1. The van der Waals surface area contributed by atoms with Crippen molar-refractivity contribution in [2.24, 2.45) is 11.7 Å². The summed E-state index contributed by atoms with van der Waals surface area (Å²) >= 11 is 0. The molecule has 264 valence electrons. The molecule has 0 aliphatic rings. The monoisotopic (exact) mass is 685 g/mol. The van der Waals surface area contributed by atoms with Crippen LogP contribution >= 0.6 is 0 Å². The lowest BCUT2D eigenvalue weighted by Crippen LogP contribution is -2.55. The highest BCUT2D eigenvalue weighted by Gasteiger charge is 2.31. The number of anilines is 1. The first-order valence-corrected chi connectivity index (χ1v) is 14.7. The number of ether oxygens (including phenoxy) is 3. The number of benzene rings is 2. The fourth-order valence-corrected chi connectivity index (χ4v) is 4.00. The first kappa shape index (κ1) is 39.1. The predicted octanol–water partition coefficient (Wildman–Crippen LogP) is 4.69. The molecule has 0 spiro atoms. The number of carbonyl (C=O) groups excluding carboxylic acids is 5. The number of rotatable bonds is 13. The summed E-state index contributed by atoms with van der Waals surface area (Å²) in [6.07, 6.45) is -2.10. The summed E-state index contributed by atoms with van der Waals surface area (Å²) in [6.45, 7) is 8.85. The van der Waals surface area contributed by atoms with Crippen molar-refractivity contribution in [3.05, 3.63) is 58.7 Å². The first-order chi connectivity index (χ1) is 22.3. The zero-order chi connectivity index (χ0) is 36.3. The van der Waals surface area contributed by atoms with Gasteiger partial charge in [-0.15, -0.1) is 0 Å². The van der Waals surface area contributed by atoms with Crippen molar-refractivity contribution in [2.45, 2.75) is 78.7 Å². The van der Waals surface area contributed by atoms with E-state index in [1.165, 1.54) is 24.3 Å². The van der Waals surface area contributed by atoms with Gasteiger partial charge >= 0.3 is 18.3 Å². The highest BCUT2D eigenvalue weighted by atomic mass is 19.2. The van der Waals surface area contributed by atoms with Crippen LogP contribution in [0.25, 0.3) is 0 Å². The molecule has 0 aliphatic carbocycles. The van der Waals surface area contributed by atoms with Crippen LogP contribution in [-0.2, 0) is 25.7 Å². The van der Waals surface area contributed by atoms with Gasteiger partial charge in [0.25, 0.3) is 0 Å². The number of hydrogen-bond donors (Lipinski definition) is 5. The third-order valence-corrected chi connectivity index (χ3v) is 6.43. The van der Waals surface area contributed by atoms with Gasteiger partial charge in [0.05, 0.1) is 0 Å². The Bertz CT molecular complexity index is 1470. The van der Waals surface area contributed by atoms with Crippen molar-refractivity contribution in [1.82, 2.24) is 16.0 Å². The average Bonchev–Trinajstić information content (AvgIpc) is 2.99. The molecule has 13 nitrogen and oxygen atoms in total. The molecule has 17 heteroatoms. The molecule has 2 atom stereocenters. The molecule has 6 N–H and O–H groups in total. The third-order valence-electron chi connectivity index (χ3n) is 6.43. The first-order valence-electron chi connectivity index (χ1n) is 14.7. The van der Waals surface area contributed by atoms with Crippen molar-refractivity contribution in [3.63, 3.8) is 0 Å². The maximum absolute atomic E-state index is 14.1. The molecule has 0 saturated heterocycles. The number of primary amides is 1. The van der Waals surface area contributed by atoms with Crippen molar-refractivity contribution in [3.8, 4) is 5.75 Å². The summed E-state index contributed by atoms with van der Waals surface area (Å²) in [5.41, 5.74) is 3.97. The lowest BCUT2D eigenvalue weighted by Gasteiger charge is -2.27. The molecule has 0 saturated carbocycles. The summed E-state index contributed by atoms with van der Waals surface area (Å²) in [5.74, 6) is -10.6. The molecule has 0 unspecified atom stereocenters. The Morgan fingerprint density at radius 2 is 1.50 bits per heavy atom. The quantitative estimate of drug-likeness (QED) is 0.0502. The van der Waals surface area contributed by atoms with E-state index in [1.807, 2.05) is 0 Å². The Balaban J connectivity index is 2.08. The SMILES string of the molecule is Cc1c(F)c(F)c(F)c(OC(=O)OCc2ccc(NC(=O)[C@H](CCCNC(N)=O)NC(=O)[C@@H](NC(=O)OC(C)(C)C)C(C)C)cc2)c1F. The molecule has 5 amide bonds. The number of hydrogen-bond acceptors (Lipinski definition) is 8. The minimum atomic E-state index is -2.04. The van der Waals surface area contributed by atoms with Gasteiger partial charge in [0, 0.05) is 17.8 Å². The molecule has 48 heavy (non-hydrogen) atoms. The standard InChI is InChI=1S/C31H39F4N5O8/c1-15(2)24(40-29(44)48-31(4,5)6)27(42)39-19(8-7-13-37-28(36)43)26(41)38-18-11-9-17(10-12-18)14-46-30(45)47-25-21(33)16(3)20(32)22(34)23(25)35/h9-12,15,19,24H,7-8,13-14H2,1-6H3,(H,38,41)(H,39,42)(H,40,44)(H3,36,37,43)/t19-,24-/m0/s1. The Labute approximate surface area is 274 Å². The van der Waals surface area contributed by atoms with Gasteiger partial charge in [-0.2, -0.15) is 4.39 Å². The van der Waals surface area contributed by atoms with Gasteiger partial charge < -0.3 is 41.2 Å². The van der Waals surface area contributed by atoms with E-state index in [0.29, 0.717) is 5.56 Å². The Kier molecular flexibility index (Phi) is 14.0. The molecular formula is C31H39F4N5O8. The van der Waals surface area contributed by atoms with Crippen molar-refractivity contribution in [1.29, 1.82) is 0 Å². The average molecular weight is 686 g/mol. The van der Waals surface area contributed by atoms with Gasteiger partial charge in [0.1, 0.15) is 24.3 Å². The second kappa shape index (κ2) is 17.2. The molecule has 0 bridgehead atoms. The van der Waals surface area contributed by atoms with Gasteiger partial charge in [0.15, 0.2) is 17.5 Å². The van der Waals surface area contributed by atoms with E-state index >= 15 is 0 Å². The third kappa shape index (κ3) is 11.9. The Morgan fingerprint density at radius 1 is 0.875 bits per heavy atom. The van der Waals surface area contributed by atoms with Crippen molar-refractivity contribution < 1.29 is 55.7 Å². The minimum absolute atomic E-state index is 0.0712. The number of nitrogens with two attached hydrogens (primary N) is 1. The number of nitrogens with one attached hydrogen (secondary N) is 4. The molecule has 0 aliphatic heterocycles. The van der Waals surface area contributed by atoms with E-state index < -0.39 is 89.0 Å². The zero-order valence-electron chi connectivity index (χ0n) is 27.2. The molecule has 2 rings (SSSR count). The highest BCUT2D eigenvalue weighted by molar-refractivity contribution is 5.98. The second-order valence-electron chi connectivity index (χ2n) is 11.9. The van der Waals surface area contributed by atoms with Crippen LogP contribution in [0.5, 0.6) is 5.75 Å². The van der Waals surface area contributed by atoms with Gasteiger partial charge in [-0.3, -0.25) is 9.59 Å². The topological polar surface area (TPSA) is 187 Å². The van der Waals surface area contributed by atoms with Crippen LogP contribution < -0.4 is 31.7 Å². The van der Waals surface area contributed by atoms with Gasteiger partial charge in [0.2, 0.25) is 23.4 Å². The van der Waals surface area contributed by atoms with Crippen LogP contribution in [0, 0.1) is 36.1 Å². The number of carbonyl (C=O) groups is 5. The second-order valence-corrected chi connectivity index (χ2v) is 11.9. The van der Waals surface area contributed by atoms with E-state index in [2.05, 4.69) is 26.0 Å². The number of urea groups is 1. The maximum atomic E-state index is 14.1. The van der Waals surface area contributed by atoms with Gasteiger partial charge in [-0.1, -0.05) is 26.0 Å². The lowest BCUT2D eigenvalue weighted by molar-refractivity contribution is -0.128. The Morgan fingerprint density at radius 3 is 2.06 bits per heavy atom. The fourth-order valence-electron chi connectivity index (χ4n) is 4.00. The molecule has 0 fully saturated rings. The molecule has 0 aromatic heterocycles. The minimum Gasteiger partial charge on any atom is -0.444 e. The zero-order valence-corrected chi connectivity index (χ0v) is 27.2. The molecule has 0 heterocycles. The normalized spacial score (nSPS) is 12.4. The fraction of sp³-hybridized carbons (Fsp3) is 0.452. The van der Waals surface area contributed by atoms with Crippen molar-refractivity contribution in [2.75, 3.05) is 11.9 Å². The molecule has 2 aromatic rings. The molecular weight excluding hydrogens is 646 g/mol. The smallest absolute Gasteiger partial charge is 0.444 e. The van der Waals surface area contributed by atoms with E-state index in [1.54, 1.807) is 34.6 Å². The molecule has 2 aromatic carbocycles. The molecule has 0 radical (unpaired) electrons. The number of amides is 5. The summed E-state index contributed by atoms with van der Waals surface area (Å²) in [4.78, 5) is 61.8. The van der Waals surface area contributed by atoms with Crippen LogP contribution in [0.15, 0.2) is 24.3 Å². The maximum Gasteiger partial charge on any atom is 0.514 e. The van der Waals surface area contributed by atoms with E-state index in [4.69, 9.17) is 15.2 Å². The van der Waals surface area contributed by atoms with E-state index in [0.717, 1.165) is 6.92 Å². The number of halogens is 4. The van der Waals surface area contributed by atoms with Crippen LogP contribution in [0.1, 0.15) is 58.6 Å². The van der Waals surface area contributed by atoms with Gasteiger partial charge in [-0.05, 0) is 64.2 Å².